The Labute approximate surface area is 60.0 Å². The number of carbonyl (C=O) groups excluding carboxylic acids is 1. The Morgan fingerprint density at radius 2 is 2.00 bits per heavy atom. The van der Waals surface area contributed by atoms with Gasteiger partial charge in [0.05, 0.1) is 0 Å². The summed E-state index contributed by atoms with van der Waals surface area (Å²) in [5.41, 5.74) is 0. The van der Waals surface area contributed by atoms with Crippen LogP contribution in [-0.4, -0.2) is 34.4 Å². The Morgan fingerprint density at radius 3 is 2.40 bits per heavy atom. The van der Waals surface area contributed by atoms with Crippen LogP contribution in [0.4, 0.5) is 0 Å². The van der Waals surface area contributed by atoms with E-state index in [1.165, 1.54) is 6.92 Å². The highest BCUT2D eigenvalue weighted by Crippen LogP contribution is 2.08. The number of hydroxylamine groups is 1. The van der Waals surface area contributed by atoms with Crippen LogP contribution in [0.5, 0.6) is 0 Å². The summed E-state index contributed by atoms with van der Waals surface area (Å²) in [7, 11) is 0. The number of nitrogens with zero attached hydrogens (tertiary/aromatic N) is 2. The molecule has 58 valence electrons. The minimum absolute atomic E-state index is 0.318. The molecule has 0 saturated carbocycles. The van der Waals surface area contributed by atoms with Crippen molar-refractivity contribution in [3.63, 3.8) is 0 Å². The van der Waals surface area contributed by atoms with Crippen molar-refractivity contribution in [1.29, 1.82) is 0 Å². The van der Waals surface area contributed by atoms with Gasteiger partial charge < -0.3 is 0 Å². The van der Waals surface area contributed by atoms with Gasteiger partial charge in [-0.2, -0.15) is 5.01 Å². The quantitative estimate of drug-likeness (QED) is 0.423. The monoisotopic (exact) mass is 144 g/mol. The minimum atomic E-state index is -0.318. The molecule has 1 amide bonds. The number of hydrogen-bond donors (Lipinski definition) is 1. The van der Waals surface area contributed by atoms with Gasteiger partial charge in [0.15, 0.2) is 0 Å². The van der Waals surface area contributed by atoms with Crippen LogP contribution in [0, 0.1) is 0 Å². The van der Waals surface area contributed by atoms with Crippen LogP contribution in [0.3, 0.4) is 0 Å². The van der Waals surface area contributed by atoms with Crippen molar-refractivity contribution in [2.75, 3.05) is 13.1 Å². The summed E-state index contributed by atoms with van der Waals surface area (Å²) in [5, 5.41) is 11.4. The van der Waals surface area contributed by atoms with E-state index in [0.717, 1.165) is 25.9 Å². The van der Waals surface area contributed by atoms with Gasteiger partial charge in [0, 0.05) is 20.0 Å². The van der Waals surface area contributed by atoms with Crippen molar-refractivity contribution in [1.82, 2.24) is 10.2 Å². The molecule has 10 heavy (non-hydrogen) atoms. The highest BCUT2D eigenvalue weighted by Gasteiger charge is 2.19. The summed E-state index contributed by atoms with van der Waals surface area (Å²) in [6.07, 6.45) is 2.12. The lowest BCUT2D eigenvalue weighted by molar-refractivity contribution is -0.230. The lowest BCUT2D eigenvalue weighted by Crippen LogP contribution is -2.41. The summed E-state index contributed by atoms with van der Waals surface area (Å²) in [5.74, 6) is -0.318. The largest absolute Gasteiger partial charge is 0.271 e. The maximum atomic E-state index is 10.6. The Morgan fingerprint density at radius 1 is 1.50 bits per heavy atom. The lowest BCUT2D eigenvalue weighted by Gasteiger charge is -2.22. The molecule has 0 radical (unpaired) electrons. The minimum Gasteiger partial charge on any atom is -0.271 e. The van der Waals surface area contributed by atoms with E-state index in [0.29, 0.717) is 5.17 Å². The van der Waals surface area contributed by atoms with E-state index in [2.05, 4.69) is 0 Å². The molecule has 0 aromatic heterocycles. The molecule has 0 unspecified atom stereocenters. The van der Waals surface area contributed by atoms with Crippen molar-refractivity contribution in [2.24, 2.45) is 0 Å². The molecule has 4 heteroatoms. The molecule has 1 N–H and O–H groups in total. The molecule has 1 aliphatic rings. The molecule has 1 heterocycles. The molecule has 0 aliphatic carbocycles. The number of hydrogen-bond acceptors (Lipinski definition) is 3. The molecule has 1 rings (SSSR count). The fraction of sp³-hybridized carbons (Fsp3) is 0.833. The van der Waals surface area contributed by atoms with Crippen LogP contribution in [0.2, 0.25) is 0 Å². The Hall–Kier alpha value is -0.610. The summed E-state index contributed by atoms with van der Waals surface area (Å²) in [6, 6.07) is 0. The van der Waals surface area contributed by atoms with Crippen LogP contribution in [-0.2, 0) is 4.79 Å². The third-order valence-electron chi connectivity index (χ3n) is 1.63. The maximum absolute atomic E-state index is 10.6. The topological polar surface area (TPSA) is 43.8 Å². The molecular formula is C6H12N2O2. The highest BCUT2D eigenvalue weighted by atomic mass is 16.6. The van der Waals surface area contributed by atoms with Crippen LogP contribution in [0.15, 0.2) is 0 Å². The zero-order valence-corrected chi connectivity index (χ0v) is 6.08. The SMILES string of the molecule is CC(=O)N(O)N1CCCC1. The smallest absolute Gasteiger partial charge is 0.258 e. The summed E-state index contributed by atoms with van der Waals surface area (Å²) < 4.78 is 0. The average Bonchev–Trinajstić information content (AvgIpc) is 2.36. The molecule has 0 spiro atoms. The Bertz CT molecular complexity index is 132. The second kappa shape index (κ2) is 2.98. The second-order valence-electron chi connectivity index (χ2n) is 2.47. The fourth-order valence-corrected chi connectivity index (χ4v) is 1.09. The average molecular weight is 144 g/mol. The first-order valence-corrected chi connectivity index (χ1v) is 3.46. The second-order valence-corrected chi connectivity index (χ2v) is 2.47. The van der Waals surface area contributed by atoms with Crippen molar-refractivity contribution in [2.45, 2.75) is 19.8 Å². The van der Waals surface area contributed by atoms with Crippen LogP contribution in [0.25, 0.3) is 0 Å². The third-order valence-corrected chi connectivity index (χ3v) is 1.63. The van der Waals surface area contributed by atoms with Gasteiger partial charge in [-0.05, 0) is 12.8 Å². The molecule has 0 atom stereocenters. The lowest BCUT2D eigenvalue weighted by atomic mass is 10.4. The molecule has 1 saturated heterocycles. The molecule has 0 aromatic carbocycles. The van der Waals surface area contributed by atoms with Gasteiger partial charge in [-0.15, -0.1) is 5.17 Å². The van der Waals surface area contributed by atoms with E-state index in [4.69, 9.17) is 5.21 Å². The molecule has 0 aromatic rings. The van der Waals surface area contributed by atoms with Gasteiger partial charge in [0.2, 0.25) is 0 Å². The van der Waals surface area contributed by atoms with Crippen molar-refractivity contribution < 1.29 is 10.0 Å². The van der Waals surface area contributed by atoms with Crippen molar-refractivity contribution >= 4 is 5.91 Å². The number of hydrazine groups is 1. The molecule has 1 aliphatic heterocycles. The van der Waals surface area contributed by atoms with Gasteiger partial charge in [0.1, 0.15) is 0 Å². The van der Waals surface area contributed by atoms with Gasteiger partial charge >= 0.3 is 0 Å². The van der Waals surface area contributed by atoms with Crippen LogP contribution < -0.4 is 0 Å². The predicted molar refractivity (Wildman–Crippen MR) is 35.1 cm³/mol. The Balaban J connectivity index is 2.39. The molecule has 1 fully saturated rings. The number of carbonyl (C=O) groups is 1. The predicted octanol–water partition coefficient (Wildman–Crippen LogP) is 0.235. The van der Waals surface area contributed by atoms with Crippen molar-refractivity contribution in [3.05, 3.63) is 0 Å². The van der Waals surface area contributed by atoms with Gasteiger partial charge in [-0.3, -0.25) is 10.0 Å². The maximum Gasteiger partial charge on any atom is 0.258 e. The first kappa shape index (κ1) is 7.50. The van der Waals surface area contributed by atoms with E-state index in [9.17, 15) is 4.79 Å². The summed E-state index contributed by atoms with van der Waals surface area (Å²) in [6.45, 7) is 2.92. The standard InChI is InChI=1S/C6H12N2O2/c1-6(9)8(10)7-4-2-3-5-7/h10H,2-5H2,1H3. The van der Waals surface area contributed by atoms with E-state index in [1.807, 2.05) is 0 Å². The van der Waals surface area contributed by atoms with Gasteiger partial charge in [-0.25, -0.2) is 0 Å². The molecule has 4 nitrogen and oxygen atoms in total. The first-order valence-electron chi connectivity index (χ1n) is 3.46. The summed E-state index contributed by atoms with van der Waals surface area (Å²) in [4.78, 5) is 10.6. The van der Waals surface area contributed by atoms with Crippen LogP contribution in [0.1, 0.15) is 19.8 Å². The van der Waals surface area contributed by atoms with E-state index in [-0.39, 0.29) is 5.91 Å². The first-order chi connectivity index (χ1) is 4.72. The van der Waals surface area contributed by atoms with Crippen molar-refractivity contribution in [3.8, 4) is 0 Å². The normalized spacial score (nSPS) is 19.4. The van der Waals surface area contributed by atoms with Crippen LogP contribution >= 0.6 is 0 Å². The molecular weight excluding hydrogens is 132 g/mol. The van der Waals surface area contributed by atoms with Gasteiger partial charge in [-0.1, -0.05) is 0 Å². The summed E-state index contributed by atoms with van der Waals surface area (Å²) >= 11 is 0. The highest BCUT2D eigenvalue weighted by molar-refractivity contribution is 5.71. The number of rotatable bonds is 1. The molecule has 0 bridgehead atoms. The van der Waals surface area contributed by atoms with E-state index >= 15 is 0 Å². The Kier molecular flexibility index (Phi) is 2.24. The third kappa shape index (κ3) is 1.46. The zero-order chi connectivity index (χ0) is 7.56. The zero-order valence-electron chi connectivity index (χ0n) is 6.08. The van der Waals surface area contributed by atoms with Gasteiger partial charge in [0.25, 0.3) is 5.91 Å². The van der Waals surface area contributed by atoms with E-state index < -0.39 is 0 Å². The fourth-order valence-electron chi connectivity index (χ4n) is 1.09. The van der Waals surface area contributed by atoms with E-state index in [1.54, 1.807) is 5.01 Å². The number of amides is 1.